The molecule has 0 saturated carbocycles. The van der Waals surface area contributed by atoms with Gasteiger partial charge in [0.1, 0.15) is 5.75 Å². The monoisotopic (exact) mass is 1230 g/mol. The molecule has 15 heteroatoms. The zero-order valence-electron chi connectivity index (χ0n) is 54.3. The zero-order chi connectivity index (χ0) is 61.1. The third-order valence-corrected chi connectivity index (χ3v) is 19.2. The lowest BCUT2D eigenvalue weighted by Crippen LogP contribution is -2.37. The van der Waals surface area contributed by atoms with Gasteiger partial charge in [0, 0.05) is 56.8 Å². The highest BCUT2D eigenvalue weighted by atomic mass is 33.1. The van der Waals surface area contributed by atoms with E-state index in [1.807, 2.05) is 19.1 Å². The highest BCUT2D eigenvalue weighted by Crippen LogP contribution is 2.36. The minimum absolute atomic E-state index is 0.0356. The van der Waals surface area contributed by atoms with Crippen molar-refractivity contribution >= 4 is 45.0 Å². The molecule has 2 saturated heterocycles. The third-order valence-electron chi connectivity index (χ3n) is 16.7. The molecule has 0 aliphatic carbocycles. The number of benzene rings is 1. The van der Waals surface area contributed by atoms with Crippen molar-refractivity contribution in [3.8, 4) is 5.75 Å². The predicted molar refractivity (Wildman–Crippen MR) is 360 cm³/mol. The number of unbranched alkanes of at least 4 members (excludes halogenated alkanes) is 27. The quantitative estimate of drug-likeness (QED) is 0.0161. The fourth-order valence-corrected chi connectivity index (χ4v) is 13.4. The van der Waals surface area contributed by atoms with Crippen LogP contribution in [0.15, 0.2) is 53.7 Å². The van der Waals surface area contributed by atoms with Crippen LogP contribution in [0.5, 0.6) is 5.75 Å². The minimum Gasteiger partial charge on any atom is -0.484 e. The summed E-state index contributed by atoms with van der Waals surface area (Å²) in [5, 5.41) is 26.5. The maximum Gasteiger partial charge on any atom is 0.257 e. The van der Waals surface area contributed by atoms with Crippen LogP contribution in [0.4, 0.5) is 0 Å². The lowest BCUT2D eigenvalue weighted by molar-refractivity contribution is -0.180. The summed E-state index contributed by atoms with van der Waals surface area (Å²) in [5.41, 5.74) is 4.12. The number of allylic oxidation sites excluding steroid dienone is 4. The van der Waals surface area contributed by atoms with Gasteiger partial charge in [0.05, 0.1) is 37.2 Å². The van der Waals surface area contributed by atoms with Crippen molar-refractivity contribution in [1.29, 1.82) is 0 Å². The number of likely N-dealkylation sites (tertiary alicyclic amines) is 1. The van der Waals surface area contributed by atoms with Crippen LogP contribution in [0.3, 0.4) is 0 Å². The van der Waals surface area contributed by atoms with E-state index in [4.69, 9.17) is 14.2 Å². The zero-order valence-corrected chi connectivity index (χ0v) is 55.9. The van der Waals surface area contributed by atoms with Gasteiger partial charge in [-0.2, -0.15) is 5.10 Å². The third kappa shape index (κ3) is 39.7. The summed E-state index contributed by atoms with van der Waals surface area (Å²) >= 11 is 0. The van der Waals surface area contributed by atoms with Gasteiger partial charge in [0.25, 0.3) is 5.91 Å². The number of ether oxygens (including phenoxy) is 3. The number of rotatable bonds is 56. The van der Waals surface area contributed by atoms with Crippen LogP contribution >= 0.6 is 21.6 Å². The molecule has 1 aromatic carbocycles. The molecule has 488 valence electrons. The highest BCUT2D eigenvalue weighted by molar-refractivity contribution is 8.76. The summed E-state index contributed by atoms with van der Waals surface area (Å²) < 4.78 is 19.3. The van der Waals surface area contributed by atoms with Crippen molar-refractivity contribution in [2.24, 2.45) is 5.10 Å². The number of hydrogen-bond donors (Lipinski definition) is 4. The van der Waals surface area contributed by atoms with Crippen LogP contribution in [0.25, 0.3) is 0 Å². The Morgan fingerprint density at radius 1 is 0.694 bits per heavy atom. The summed E-state index contributed by atoms with van der Waals surface area (Å²) in [6.07, 6.45) is 55.4. The molecular weight excluding hydrogens is 1100 g/mol. The van der Waals surface area contributed by atoms with Crippen molar-refractivity contribution in [1.82, 2.24) is 20.5 Å². The SMILES string of the molecule is CCCCC/C=C\C/C=C\CCCCCCCCC1(CCCCCCCCCCCCCCCCCC)OCC(CCN(C)CCCCCCNC(=O)COc2ccc(/C(C)=N/NC(=O)CCSSCCCC(=O)N3C[C@H](O)C[C@H]3CO)cc2)O1. The van der Waals surface area contributed by atoms with E-state index in [-0.39, 0.29) is 49.6 Å². The van der Waals surface area contributed by atoms with Gasteiger partial charge in [-0.1, -0.05) is 207 Å². The van der Waals surface area contributed by atoms with E-state index in [9.17, 15) is 24.6 Å². The average molecular weight is 1230 g/mol. The molecule has 0 bridgehead atoms. The molecule has 2 aliphatic rings. The van der Waals surface area contributed by atoms with E-state index in [0.29, 0.717) is 49.4 Å². The molecule has 3 amide bonds. The molecule has 0 spiro atoms. The van der Waals surface area contributed by atoms with Crippen molar-refractivity contribution < 1.29 is 38.8 Å². The first-order valence-electron chi connectivity index (χ1n) is 34.5. The number of aliphatic hydroxyl groups excluding tert-OH is 2. The number of hydrogen-bond acceptors (Lipinski definition) is 12. The Balaban J connectivity index is 1.22. The van der Waals surface area contributed by atoms with Gasteiger partial charge in [0.2, 0.25) is 11.8 Å². The van der Waals surface area contributed by atoms with Crippen LogP contribution in [0.1, 0.15) is 277 Å². The van der Waals surface area contributed by atoms with E-state index in [1.165, 1.54) is 173 Å². The standard InChI is InChI=1S/C70H123N5O8S2/c1-5-7-9-11-13-15-17-19-21-23-25-27-29-31-33-37-49-70(50-38-34-32-30-28-26-24-22-20-18-16-14-12-10-8-6-2)82-59-66(83-70)47-53-74(4)52-40-36-35-39-51-71-68(79)60-81-65-45-43-62(44-46-65)61(3)72-73-67(78)48-55-85-84-54-41-42-69(80)75-57-64(77)56-63(75)58-76/h13,15,19,21,43-46,63-64,66,76-77H,5-12,14,16-18,20,22-42,47-60H2,1-4H3,(H,71,79)(H,73,78)/b15-13-,21-19-,72-61+/t63-,64+,66?,70?/m0/s1. The number of hydrazone groups is 1. The van der Waals surface area contributed by atoms with Crippen molar-refractivity contribution in [2.45, 2.75) is 295 Å². The Hall–Kier alpha value is -2.92. The normalized spacial score (nSPS) is 18.2. The summed E-state index contributed by atoms with van der Waals surface area (Å²) in [7, 11) is 5.43. The predicted octanol–water partition coefficient (Wildman–Crippen LogP) is 16.4. The molecule has 13 nitrogen and oxygen atoms in total. The second-order valence-electron chi connectivity index (χ2n) is 24.5. The first kappa shape index (κ1) is 76.3. The van der Waals surface area contributed by atoms with Crippen LogP contribution in [-0.2, 0) is 23.9 Å². The molecule has 0 aromatic heterocycles. The van der Waals surface area contributed by atoms with Crippen LogP contribution in [-0.4, -0.2) is 132 Å². The first-order chi connectivity index (χ1) is 41.6. The lowest BCUT2D eigenvalue weighted by atomic mass is 9.98. The van der Waals surface area contributed by atoms with Gasteiger partial charge in [-0.15, -0.1) is 0 Å². The smallest absolute Gasteiger partial charge is 0.257 e. The molecule has 2 fully saturated rings. The number of nitrogens with one attached hydrogen (secondary N) is 2. The van der Waals surface area contributed by atoms with E-state index in [1.54, 1.807) is 38.6 Å². The minimum atomic E-state index is -0.564. The van der Waals surface area contributed by atoms with Gasteiger partial charge in [-0.05, 0) is 127 Å². The fourth-order valence-electron chi connectivity index (χ4n) is 11.3. The average Bonchev–Trinajstić information content (AvgIpc) is 3.88. The second-order valence-corrected chi connectivity index (χ2v) is 27.2. The molecule has 2 heterocycles. The molecule has 4 N–H and O–H groups in total. The summed E-state index contributed by atoms with van der Waals surface area (Å²) in [6.45, 7) is 9.91. The molecule has 2 unspecified atom stereocenters. The topological polar surface area (TPSA) is 162 Å². The summed E-state index contributed by atoms with van der Waals surface area (Å²) in [5.74, 6) is 1.23. The van der Waals surface area contributed by atoms with Gasteiger partial charge in [0.15, 0.2) is 12.4 Å². The van der Waals surface area contributed by atoms with Gasteiger partial charge < -0.3 is 39.5 Å². The van der Waals surface area contributed by atoms with Crippen molar-refractivity contribution in [3.63, 3.8) is 0 Å². The fraction of sp³-hybridized carbons (Fsp3) is 0.800. The Kier molecular flexibility index (Phi) is 46.6. The number of carbonyl (C=O) groups excluding carboxylic acids is 3. The number of aliphatic hydroxyl groups is 2. The first-order valence-corrected chi connectivity index (χ1v) is 37.0. The highest BCUT2D eigenvalue weighted by Gasteiger charge is 2.40. The molecule has 1 aromatic rings. The van der Waals surface area contributed by atoms with Crippen molar-refractivity contribution in [2.75, 3.05) is 64.6 Å². The largest absolute Gasteiger partial charge is 0.484 e. The number of carbonyl (C=O) groups is 3. The lowest BCUT2D eigenvalue weighted by Gasteiger charge is -2.29. The Morgan fingerprint density at radius 2 is 1.25 bits per heavy atom. The Morgan fingerprint density at radius 3 is 1.87 bits per heavy atom. The van der Waals surface area contributed by atoms with Gasteiger partial charge in [-0.25, -0.2) is 5.43 Å². The van der Waals surface area contributed by atoms with E-state index in [2.05, 4.69) is 65.9 Å². The molecule has 3 rings (SSSR count). The number of β-amino-alcohol motifs (C(OH)–C–C–N with tert-alkyl or cyclic N) is 1. The van der Waals surface area contributed by atoms with Crippen molar-refractivity contribution in [3.05, 3.63) is 54.1 Å². The van der Waals surface area contributed by atoms with E-state index >= 15 is 0 Å². The van der Waals surface area contributed by atoms with Crippen LogP contribution in [0, 0.1) is 0 Å². The Bertz CT molecular complexity index is 1910. The molecule has 0 radical (unpaired) electrons. The van der Waals surface area contributed by atoms with E-state index < -0.39 is 11.9 Å². The van der Waals surface area contributed by atoms with Gasteiger partial charge >= 0.3 is 0 Å². The molecule has 2 aliphatic heterocycles. The second kappa shape index (κ2) is 51.9. The molecular formula is C70H123N5O8S2. The summed E-state index contributed by atoms with van der Waals surface area (Å²) in [4.78, 5) is 41.5. The molecule has 85 heavy (non-hydrogen) atoms. The van der Waals surface area contributed by atoms with Gasteiger partial charge in [-0.3, -0.25) is 14.4 Å². The summed E-state index contributed by atoms with van der Waals surface area (Å²) in [6, 6.07) is 7.02. The van der Waals surface area contributed by atoms with Crippen LogP contribution < -0.4 is 15.5 Å². The molecule has 4 atom stereocenters. The Labute approximate surface area is 526 Å². The van der Waals surface area contributed by atoms with Crippen LogP contribution in [0.2, 0.25) is 0 Å². The maximum absolute atomic E-state index is 12.6. The maximum atomic E-state index is 12.6. The number of amides is 3. The number of nitrogens with zero attached hydrogens (tertiary/aromatic N) is 3. The van der Waals surface area contributed by atoms with E-state index in [0.717, 1.165) is 82.4 Å².